The van der Waals surface area contributed by atoms with Crippen molar-refractivity contribution in [1.29, 1.82) is 0 Å². The van der Waals surface area contributed by atoms with Gasteiger partial charge < -0.3 is 0 Å². The Morgan fingerprint density at radius 2 is 2.18 bits per heavy atom. The lowest BCUT2D eigenvalue weighted by molar-refractivity contribution is 0.256. The van der Waals surface area contributed by atoms with E-state index in [-0.39, 0.29) is 5.54 Å². The molecular formula is C10H13Br2NO2S2. The van der Waals surface area contributed by atoms with Crippen LogP contribution < -0.4 is 4.72 Å². The third-order valence-corrected chi connectivity index (χ3v) is 8.28. The van der Waals surface area contributed by atoms with Crippen molar-refractivity contribution in [1.82, 2.24) is 4.72 Å². The highest BCUT2D eigenvalue weighted by molar-refractivity contribution is 9.11. The summed E-state index contributed by atoms with van der Waals surface area (Å²) in [6.07, 6.45) is 2.90. The molecule has 1 aliphatic carbocycles. The highest BCUT2D eigenvalue weighted by atomic mass is 79.9. The molecule has 1 aliphatic rings. The molecule has 17 heavy (non-hydrogen) atoms. The van der Waals surface area contributed by atoms with Gasteiger partial charge in [0.15, 0.2) is 0 Å². The highest BCUT2D eigenvalue weighted by Crippen LogP contribution is 2.37. The lowest BCUT2D eigenvalue weighted by Crippen LogP contribution is -2.54. The molecule has 3 nitrogen and oxygen atoms in total. The topological polar surface area (TPSA) is 46.2 Å². The summed E-state index contributed by atoms with van der Waals surface area (Å²) in [5.74, 6) is 0. The van der Waals surface area contributed by atoms with Crippen LogP contribution in [0.4, 0.5) is 0 Å². The van der Waals surface area contributed by atoms with Crippen LogP contribution in [0.3, 0.4) is 0 Å². The Balaban J connectivity index is 2.25. The number of rotatable bonds is 4. The third kappa shape index (κ3) is 2.78. The number of hydrogen-bond acceptors (Lipinski definition) is 3. The molecule has 0 aromatic carbocycles. The summed E-state index contributed by atoms with van der Waals surface area (Å²) in [5, 5.41) is 0.671. The molecule has 1 saturated carbocycles. The average molecular weight is 403 g/mol. The molecule has 1 aromatic heterocycles. The van der Waals surface area contributed by atoms with Crippen molar-refractivity contribution in [2.24, 2.45) is 0 Å². The van der Waals surface area contributed by atoms with Gasteiger partial charge in [-0.05, 0) is 53.7 Å². The number of aryl methyl sites for hydroxylation is 1. The van der Waals surface area contributed by atoms with E-state index in [2.05, 4.69) is 36.6 Å². The van der Waals surface area contributed by atoms with Crippen molar-refractivity contribution in [3.8, 4) is 0 Å². The maximum Gasteiger partial charge on any atom is 0.250 e. The standard InChI is InChI=1S/C10H13Br2NO2S2/c1-7-5-8(16-9(7)12)17(14,15)13-10(6-11)3-2-4-10/h5,13H,2-4,6H2,1H3. The molecule has 0 radical (unpaired) electrons. The number of halogens is 2. The molecule has 1 N–H and O–H groups in total. The molecule has 0 bridgehead atoms. The van der Waals surface area contributed by atoms with E-state index in [4.69, 9.17) is 0 Å². The minimum atomic E-state index is -3.38. The Kier molecular flexibility index (Phi) is 4.05. The molecule has 1 fully saturated rings. The molecule has 0 saturated heterocycles. The van der Waals surface area contributed by atoms with E-state index in [1.807, 2.05) is 6.92 Å². The fourth-order valence-electron chi connectivity index (χ4n) is 1.77. The SMILES string of the molecule is Cc1cc(S(=O)(=O)NC2(CBr)CCC2)sc1Br. The van der Waals surface area contributed by atoms with Crippen LogP contribution in [-0.4, -0.2) is 19.3 Å². The van der Waals surface area contributed by atoms with Crippen molar-refractivity contribution in [3.63, 3.8) is 0 Å². The first-order valence-corrected chi connectivity index (χ1v) is 9.46. The molecule has 0 aliphatic heterocycles. The predicted molar refractivity (Wildman–Crippen MR) is 77.5 cm³/mol. The zero-order chi connectivity index (χ0) is 12.7. The van der Waals surface area contributed by atoms with Crippen LogP contribution in [0.2, 0.25) is 0 Å². The van der Waals surface area contributed by atoms with Gasteiger partial charge in [-0.15, -0.1) is 11.3 Å². The summed E-state index contributed by atoms with van der Waals surface area (Å²) >= 11 is 8.01. The molecule has 0 spiro atoms. The molecule has 1 aromatic rings. The van der Waals surface area contributed by atoms with Gasteiger partial charge in [-0.1, -0.05) is 15.9 Å². The lowest BCUT2D eigenvalue weighted by Gasteiger charge is -2.40. The molecule has 0 amide bonds. The Labute approximate surface area is 122 Å². The smallest absolute Gasteiger partial charge is 0.206 e. The molecule has 7 heteroatoms. The van der Waals surface area contributed by atoms with E-state index in [1.54, 1.807) is 6.07 Å². The molecule has 96 valence electrons. The van der Waals surface area contributed by atoms with Crippen LogP contribution >= 0.6 is 43.2 Å². The number of alkyl halides is 1. The second-order valence-corrected chi connectivity index (χ2v) is 9.24. The van der Waals surface area contributed by atoms with Crippen molar-refractivity contribution in [2.75, 3.05) is 5.33 Å². The van der Waals surface area contributed by atoms with Crippen LogP contribution in [-0.2, 0) is 10.0 Å². The Morgan fingerprint density at radius 1 is 1.53 bits per heavy atom. The molecule has 0 atom stereocenters. The number of sulfonamides is 1. The summed E-state index contributed by atoms with van der Waals surface area (Å²) in [6.45, 7) is 1.89. The van der Waals surface area contributed by atoms with Gasteiger partial charge in [0, 0.05) is 10.9 Å². The van der Waals surface area contributed by atoms with Crippen LogP contribution in [0.25, 0.3) is 0 Å². The normalized spacial score (nSPS) is 19.0. The van der Waals surface area contributed by atoms with Crippen molar-refractivity contribution in [2.45, 2.75) is 35.9 Å². The first-order valence-electron chi connectivity index (χ1n) is 5.24. The molecule has 0 unspecified atom stereocenters. The van der Waals surface area contributed by atoms with Crippen LogP contribution in [0.15, 0.2) is 14.1 Å². The first-order chi connectivity index (χ1) is 7.88. The first kappa shape index (κ1) is 14.0. The Hall–Kier alpha value is 0.570. The molecule has 1 heterocycles. The molecule has 2 rings (SSSR count). The van der Waals surface area contributed by atoms with Crippen LogP contribution in [0.1, 0.15) is 24.8 Å². The number of nitrogens with one attached hydrogen (secondary N) is 1. The predicted octanol–water partition coefficient (Wildman–Crippen LogP) is 3.41. The van der Waals surface area contributed by atoms with Crippen molar-refractivity contribution >= 4 is 53.2 Å². The maximum atomic E-state index is 12.2. The van der Waals surface area contributed by atoms with E-state index in [1.165, 1.54) is 11.3 Å². The van der Waals surface area contributed by atoms with E-state index >= 15 is 0 Å². The largest absolute Gasteiger partial charge is 0.250 e. The van der Waals surface area contributed by atoms with Crippen molar-refractivity contribution in [3.05, 3.63) is 15.4 Å². The minimum Gasteiger partial charge on any atom is -0.206 e. The van der Waals surface area contributed by atoms with Gasteiger partial charge in [0.25, 0.3) is 10.0 Å². The molecular weight excluding hydrogens is 390 g/mol. The van der Waals surface area contributed by atoms with E-state index in [0.29, 0.717) is 9.54 Å². The number of thiophene rings is 1. The van der Waals surface area contributed by atoms with Crippen molar-refractivity contribution < 1.29 is 8.42 Å². The van der Waals surface area contributed by atoms with E-state index < -0.39 is 10.0 Å². The summed E-state index contributed by atoms with van der Waals surface area (Å²) < 4.78 is 28.5. The van der Waals surface area contributed by atoms with E-state index in [0.717, 1.165) is 28.6 Å². The summed E-state index contributed by atoms with van der Waals surface area (Å²) in [7, 11) is -3.38. The quantitative estimate of drug-likeness (QED) is 0.784. The fourth-order valence-corrected chi connectivity index (χ4v) is 6.34. The van der Waals surface area contributed by atoms with E-state index in [9.17, 15) is 8.42 Å². The Bertz CT molecular complexity index is 495. The second kappa shape index (κ2) is 4.92. The van der Waals surface area contributed by atoms with Crippen LogP contribution in [0, 0.1) is 6.92 Å². The monoisotopic (exact) mass is 401 g/mol. The summed E-state index contributed by atoms with van der Waals surface area (Å²) in [4.78, 5) is 0. The van der Waals surface area contributed by atoms with Gasteiger partial charge in [0.1, 0.15) is 4.21 Å². The van der Waals surface area contributed by atoms with Gasteiger partial charge in [0.05, 0.1) is 3.79 Å². The zero-order valence-electron chi connectivity index (χ0n) is 9.29. The Morgan fingerprint density at radius 3 is 2.53 bits per heavy atom. The maximum absolute atomic E-state index is 12.2. The highest BCUT2D eigenvalue weighted by Gasteiger charge is 2.40. The zero-order valence-corrected chi connectivity index (χ0v) is 14.1. The van der Waals surface area contributed by atoms with Crippen LogP contribution in [0.5, 0.6) is 0 Å². The van der Waals surface area contributed by atoms with Gasteiger partial charge >= 0.3 is 0 Å². The summed E-state index contributed by atoms with van der Waals surface area (Å²) in [6, 6.07) is 1.71. The summed E-state index contributed by atoms with van der Waals surface area (Å²) in [5.41, 5.74) is 0.681. The second-order valence-electron chi connectivity index (χ2n) is 4.40. The third-order valence-electron chi connectivity index (χ3n) is 3.02. The fraction of sp³-hybridized carbons (Fsp3) is 0.600. The lowest BCUT2D eigenvalue weighted by atomic mass is 9.80. The average Bonchev–Trinajstić information content (AvgIpc) is 2.54. The number of hydrogen-bond donors (Lipinski definition) is 1. The van der Waals surface area contributed by atoms with Gasteiger partial charge in [-0.2, -0.15) is 0 Å². The van der Waals surface area contributed by atoms with Gasteiger partial charge in [-0.3, -0.25) is 0 Å². The van der Waals surface area contributed by atoms with Gasteiger partial charge in [-0.25, -0.2) is 13.1 Å². The van der Waals surface area contributed by atoms with Gasteiger partial charge in [0.2, 0.25) is 0 Å². The minimum absolute atomic E-state index is 0.275.